The van der Waals surface area contributed by atoms with E-state index < -0.39 is 6.10 Å². The molecule has 3 aromatic rings. The van der Waals surface area contributed by atoms with Gasteiger partial charge in [-0.2, -0.15) is 0 Å². The molecule has 6 heteroatoms. The van der Waals surface area contributed by atoms with Crippen LogP contribution in [0.15, 0.2) is 60.9 Å². The van der Waals surface area contributed by atoms with Crippen LogP contribution in [0.2, 0.25) is 0 Å². The summed E-state index contributed by atoms with van der Waals surface area (Å²) in [6.45, 7) is 2.43. The maximum absolute atomic E-state index is 13.3. The fraction of sp³-hybridized carbons (Fsp3) is 0.238. The van der Waals surface area contributed by atoms with Gasteiger partial charge in [0, 0.05) is 12.7 Å². The molecule has 2 aromatic carbocycles. The predicted octanol–water partition coefficient (Wildman–Crippen LogP) is 4.10. The minimum atomic E-state index is -0.550. The van der Waals surface area contributed by atoms with E-state index in [2.05, 4.69) is 10.3 Å². The average Bonchev–Trinajstić information content (AvgIpc) is 3.06. The van der Waals surface area contributed by atoms with E-state index in [1.807, 2.05) is 41.8 Å². The zero-order valence-electron chi connectivity index (χ0n) is 15.4. The van der Waals surface area contributed by atoms with Crippen molar-refractivity contribution in [3.63, 3.8) is 0 Å². The molecule has 1 heterocycles. The first-order valence-corrected chi connectivity index (χ1v) is 8.81. The quantitative estimate of drug-likeness (QED) is 0.684. The molecule has 1 unspecified atom stereocenters. The van der Waals surface area contributed by atoms with Crippen LogP contribution in [0, 0.1) is 5.82 Å². The molecule has 0 aliphatic rings. The van der Waals surface area contributed by atoms with Gasteiger partial charge in [0.15, 0.2) is 0 Å². The Morgan fingerprint density at radius 3 is 2.52 bits per heavy atom. The van der Waals surface area contributed by atoms with Crippen molar-refractivity contribution in [3.05, 3.63) is 72.3 Å². The maximum atomic E-state index is 13.3. The number of amides is 1. The number of nitrogens with zero attached hydrogens (tertiary/aromatic N) is 2. The number of nitrogens with one attached hydrogen (secondary N) is 1. The van der Waals surface area contributed by atoms with Crippen LogP contribution in [-0.2, 0) is 16.1 Å². The van der Waals surface area contributed by atoms with Crippen LogP contribution in [0.3, 0.4) is 0 Å². The predicted molar refractivity (Wildman–Crippen MR) is 103 cm³/mol. The SMILES string of the molecule is CCC(OC)C(=O)Nc1c(-c2ccc(F)cc2)ncn1Cc1ccccc1. The van der Waals surface area contributed by atoms with Crippen LogP contribution in [0.4, 0.5) is 10.2 Å². The summed E-state index contributed by atoms with van der Waals surface area (Å²) in [6, 6.07) is 15.9. The number of carbonyl (C=O) groups excluding carboxylic acids is 1. The lowest BCUT2D eigenvalue weighted by atomic mass is 10.1. The molecule has 0 saturated carbocycles. The molecule has 0 aliphatic heterocycles. The number of aromatic nitrogens is 2. The van der Waals surface area contributed by atoms with Gasteiger partial charge in [-0.05, 0) is 36.2 Å². The molecular formula is C21H22FN3O2. The number of hydrogen-bond donors (Lipinski definition) is 1. The number of halogens is 1. The van der Waals surface area contributed by atoms with Gasteiger partial charge in [-0.3, -0.25) is 4.79 Å². The molecule has 0 fully saturated rings. The number of imidazole rings is 1. The minimum absolute atomic E-state index is 0.238. The van der Waals surface area contributed by atoms with E-state index in [1.165, 1.54) is 19.2 Å². The van der Waals surface area contributed by atoms with Crippen LogP contribution in [0.25, 0.3) is 11.3 Å². The molecule has 0 radical (unpaired) electrons. The van der Waals surface area contributed by atoms with Crippen molar-refractivity contribution in [2.45, 2.75) is 26.0 Å². The summed E-state index contributed by atoms with van der Waals surface area (Å²) >= 11 is 0. The van der Waals surface area contributed by atoms with Crippen LogP contribution >= 0.6 is 0 Å². The fourth-order valence-corrected chi connectivity index (χ4v) is 2.89. The third kappa shape index (κ3) is 4.41. The van der Waals surface area contributed by atoms with Gasteiger partial charge in [-0.15, -0.1) is 0 Å². The van der Waals surface area contributed by atoms with E-state index in [9.17, 15) is 9.18 Å². The molecule has 1 N–H and O–H groups in total. The lowest BCUT2D eigenvalue weighted by Crippen LogP contribution is -2.30. The standard InChI is InChI=1S/C21H22FN3O2/c1-3-18(27-2)21(26)24-20-19(16-9-11-17(22)12-10-16)23-14-25(20)13-15-7-5-4-6-8-15/h4-12,14,18H,3,13H2,1-2H3,(H,24,26). The van der Waals surface area contributed by atoms with Crippen molar-refractivity contribution >= 4 is 11.7 Å². The molecule has 27 heavy (non-hydrogen) atoms. The van der Waals surface area contributed by atoms with Gasteiger partial charge in [-0.1, -0.05) is 37.3 Å². The Balaban J connectivity index is 1.98. The molecule has 0 aliphatic carbocycles. The Labute approximate surface area is 157 Å². The Morgan fingerprint density at radius 2 is 1.89 bits per heavy atom. The van der Waals surface area contributed by atoms with Gasteiger partial charge in [0.25, 0.3) is 5.91 Å². The highest BCUT2D eigenvalue weighted by Crippen LogP contribution is 2.28. The number of carbonyl (C=O) groups is 1. The second-order valence-electron chi connectivity index (χ2n) is 6.18. The highest BCUT2D eigenvalue weighted by Gasteiger charge is 2.21. The molecule has 0 bridgehead atoms. The van der Waals surface area contributed by atoms with E-state index in [4.69, 9.17) is 4.74 Å². The van der Waals surface area contributed by atoms with Gasteiger partial charge in [0.2, 0.25) is 0 Å². The normalized spacial score (nSPS) is 12.0. The number of benzene rings is 2. The van der Waals surface area contributed by atoms with Crippen LogP contribution in [0.5, 0.6) is 0 Å². The van der Waals surface area contributed by atoms with E-state index in [0.717, 1.165) is 11.1 Å². The molecular weight excluding hydrogens is 345 g/mol. The molecule has 0 spiro atoms. The topological polar surface area (TPSA) is 56.1 Å². The number of ether oxygens (including phenoxy) is 1. The molecule has 1 atom stereocenters. The molecule has 5 nitrogen and oxygen atoms in total. The summed E-state index contributed by atoms with van der Waals surface area (Å²) in [7, 11) is 1.51. The Kier molecular flexibility index (Phi) is 5.98. The first-order chi connectivity index (χ1) is 13.1. The highest BCUT2D eigenvalue weighted by atomic mass is 19.1. The van der Waals surface area contributed by atoms with Gasteiger partial charge in [0.1, 0.15) is 23.4 Å². The van der Waals surface area contributed by atoms with Crippen molar-refractivity contribution in [2.24, 2.45) is 0 Å². The Bertz CT molecular complexity index is 888. The number of hydrogen-bond acceptors (Lipinski definition) is 3. The third-order valence-corrected chi connectivity index (χ3v) is 4.34. The zero-order chi connectivity index (χ0) is 19.2. The Hall–Kier alpha value is -2.99. The molecule has 0 saturated heterocycles. The minimum Gasteiger partial charge on any atom is -0.372 e. The summed E-state index contributed by atoms with van der Waals surface area (Å²) in [4.78, 5) is 17.0. The van der Waals surface area contributed by atoms with Gasteiger partial charge < -0.3 is 14.6 Å². The largest absolute Gasteiger partial charge is 0.372 e. The molecule has 1 amide bonds. The van der Waals surface area contributed by atoms with Crippen LogP contribution < -0.4 is 5.32 Å². The van der Waals surface area contributed by atoms with E-state index in [-0.39, 0.29) is 11.7 Å². The van der Waals surface area contributed by atoms with Crippen molar-refractivity contribution in [3.8, 4) is 11.3 Å². The average molecular weight is 367 g/mol. The van der Waals surface area contributed by atoms with E-state index in [0.29, 0.717) is 24.5 Å². The van der Waals surface area contributed by atoms with Crippen molar-refractivity contribution in [1.82, 2.24) is 9.55 Å². The number of methoxy groups -OCH3 is 1. The Morgan fingerprint density at radius 1 is 1.19 bits per heavy atom. The second-order valence-corrected chi connectivity index (χ2v) is 6.18. The third-order valence-electron chi connectivity index (χ3n) is 4.34. The molecule has 140 valence electrons. The maximum Gasteiger partial charge on any atom is 0.254 e. The molecule has 3 rings (SSSR count). The summed E-state index contributed by atoms with van der Waals surface area (Å²) in [5.74, 6) is 0.00242. The zero-order valence-corrected chi connectivity index (χ0v) is 15.4. The van der Waals surface area contributed by atoms with E-state index in [1.54, 1.807) is 18.5 Å². The summed E-state index contributed by atoms with van der Waals surface area (Å²) < 4.78 is 20.4. The van der Waals surface area contributed by atoms with Crippen LogP contribution in [-0.4, -0.2) is 28.7 Å². The van der Waals surface area contributed by atoms with Crippen molar-refractivity contribution < 1.29 is 13.9 Å². The first-order valence-electron chi connectivity index (χ1n) is 8.81. The van der Waals surface area contributed by atoms with Crippen molar-refractivity contribution in [2.75, 3.05) is 12.4 Å². The monoisotopic (exact) mass is 367 g/mol. The number of rotatable bonds is 7. The van der Waals surface area contributed by atoms with Gasteiger partial charge in [0.05, 0.1) is 12.9 Å². The summed E-state index contributed by atoms with van der Waals surface area (Å²) in [5.41, 5.74) is 2.39. The van der Waals surface area contributed by atoms with Crippen LogP contribution in [0.1, 0.15) is 18.9 Å². The lowest BCUT2D eigenvalue weighted by molar-refractivity contribution is -0.125. The van der Waals surface area contributed by atoms with E-state index >= 15 is 0 Å². The summed E-state index contributed by atoms with van der Waals surface area (Å²) in [6.07, 6.45) is 1.68. The first kappa shape index (κ1) is 18.8. The smallest absolute Gasteiger partial charge is 0.254 e. The lowest BCUT2D eigenvalue weighted by Gasteiger charge is -2.16. The summed E-state index contributed by atoms with van der Waals surface area (Å²) in [5, 5.41) is 2.94. The fourth-order valence-electron chi connectivity index (χ4n) is 2.89. The van der Waals surface area contributed by atoms with Gasteiger partial charge >= 0.3 is 0 Å². The van der Waals surface area contributed by atoms with Gasteiger partial charge in [-0.25, -0.2) is 9.37 Å². The molecule has 1 aromatic heterocycles. The second kappa shape index (κ2) is 8.60. The highest BCUT2D eigenvalue weighted by molar-refractivity contribution is 5.96. The van der Waals surface area contributed by atoms with Crippen molar-refractivity contribution in [1.29, 1.82) is 0 Å². The number of anilines is 1.